The average Bonchev–Trinajstić information content (AvgIpc) is 2.85. The van der Waals surface area contributed by atoms with E-state index in [9.17, 15) is 4.79 Å². The highest BCUT2D eigenvalue weighted by Crippen LogP contribution is 2.25. The molecular weight excluding hydrogens is 320 g/mol. The summed E-state index contributed by atoms with van der Waals surface area (Å²) in [4.78, 5) is 14.2. The fraction of sp³-hybridized carbons (Fsp3) is 0.158. The minimum atomic E-state index is -0.162. The first kappa shape index (κ1) is 16.2. The summed E-state index contributed by atoms with van der Waals surface area (Å²) < 4.78 is 5.42. The van der Waals surface area contributed by atoms with Gasteiger partial charge in [0, 0.05) is 0 Å². The Hall–Kier alpha value is -2.66. The van der Waals surface area contributed by atoms with E-state index in [0.29, 0.717) is 23.1 Å². The van der Waals surface area contributed by atoms with Crippen molar-refractivity contribution in [3.05, 3.63) is 65.4 Å². The van der Waals surface area contributed by atoms with E-state index in [1.54, 1.807) is 0 Å². The topological polar surface area (TPSA) is 41.6 Å². The monoisotopic (exact) mass is 338 g/mol. The number of amides is 1. The molecular formula is C19H18N2O2S. The van der Waals surface area contributed by atoms with Gasteiger partial charge in [-0.15, -0.1) is 0 Å². The highest BCUT2D eigenvalue weighted by Gasteiger charge is 2.31. The summed E-state index contributed by atoms with van der Waals surface area (Å²) in [6, 6.07) is 15.3. The maximum absolute atomic E-state index is 12.7. The van der Waals surface area contributed by atoms with Gasteiger partial charge < -0.3 is 10.1 Å². The smallest absolute Gasteiger partial charge is 0.281 e. The molecule has 0 saturated carbocycles. The molecule has 1 N–H and O–H groups in total. The van der Waals surface area contributed by atoms with Gasteiger partial charge >= 0.3 is 0 Å². The van der Waals surface area contributed by atoms with Gasteiger partial charge in [-0.3, -0.25) is 9.69 Å². The number of ether oxygens (including phenoxy) is 1. The van der Waals surface area contributed by atoms with E-state index in [-0.39, 0.29) is 5.91 Å². The molecule has 5 heteroatoms. The third kappa shape index (κ3) is 3.31. The van der Waals surface area contributed by atoms with Crippen molar-refractivity contribution in [1.29, 1.82) is 0 Å². The number of thiocarbonyl (C=S) groups is 1. The van der Waals surface area contributed by atoms with E-state index < -0.39 is 0 Å². The first-order valence-electron chi connectivity index (χ1n) is 7.75. The standard InChI is InChI=1S/C19H18N2O2S/c1-3-23-16-10-8-15(9-11-16)21-18(22)17(20-19(21)24)12-14-6-4-13(2)5-7-14/h4-12H,3H2,1-2H3,(H,20,24)/b17-12-. The molecule has 3 rings (SSSR count). The van der Waals surface area contributed by atoms with Crippen LogP contribution < -0.4 is 15.0 Å². The molecule has 2 aromatic carbocycles. The molecule has 1 amide bonds. The fourth-order valence-corrected chi connectivity index (χ4v) is 2.76. The molecule has 0 radical (unpaired) electrons. The summed E-state index contributed by atoms with van der Waals surface area (Å²) in [5.41, 5.74) is 3.31. The van der Waals surface area contributed by atoms with E-state index in [0.717, 1.165) is 11.3 Å². The Bertz CT molecular complexity index is 795. The number of anilines is 1. The predicted octanol–water partition coefficient (Wildman–Crippen LogP) is 3.66. The Balaban J connectivity index is 1.84. The minimum absolute atomic E-state index is 0.162. The van der Waals surface area contributed by atoms with Crippen LogP contribution >= 0.6 is 12.2 Å². The lowest BCUT2D eigenvalue weighted by Crippen LogP contribution is -2.30. The maximum Gasteiger partial charge on any atom is 0.281 e. The van der Waals surface area contributed by atoms with Crippen molar-refractivity contribution >= 4 is 35.0 Å². The summed E-state index contributed by atoms with van der Waals surface area (Å²) in [6.07, 6.45) is 1.81. The van der Waals surface area contributed by atoms with Gasteiger partial charge in [0.05, 0.1) is 12.3 Å². The van der Waals surface area contributed by atoms with Crippen LogP contribution in [-0.2, 0) is 4.79 Å². The lowest BCUT2D eigenvalue weighted by molar-refractivity contribution is -0.113. The Morgan fingerprint density at radius 2 is 1.79 bits per heavy atom. The minimum Gasteiger partial charge on any atom is -0.494 e. The number of nitrogens with one attached hydrogen (secondary N) is 1. The van der Waals surface area contributed by atoms with Gasteiger partial charge in [-0.1, -0.05) is 29.8 Å². The number of hydrogen-bond donors (Lipinski definition) is 1. The van der Waals surface area contributed by atoms with E-state index in [1.807, 2.05) is 68.5 Å². The van der Waals surface area contributed by atoms with Crippen molar-refractivity contribution in [2.45, 2.75) is 13.8 Å². The molecule has 1 aliphatic rings. The molecule has 1 aliphatic heterocycles. The number of aryl methyl sites for hydroxylation is 1. The van der Waals surface area contributed by atoms with E-state index in [2.05, 4.69) is 5.32 Å². The quantitative estimate of drug-likeness (QED) is 0.682. The van der Waals surface area contributed by atoms with E-state index >= 15 is 0 Å². The molecule has 2 aromatic rings. The van der Waals surface area contributed by atoms with Crippen molar-refractivity contribution in [2.24, 2.45) is 0 Å². The summed E-state index contributed by atoms with van der Waals surface area (Å²) in [5.74, 6) is 0.604. The van der Waals surface area contributed by atoms with E-state index in [4.69, 9.17) is 17.0 Å². The van der Waals surface area contributed by atoms with Crippen molar-refractivity contribution in [2.75, 3.05) is 11.5 Å². The second-order valence-electron chi connectivity index (χ2n) is 5.47. The lowest BCUT2D eigenvalue weighted by atomic mass is 10.1. The van der Waals surface area contributed by atoms with Crippen molar-refractivity contribution < 1.29 is 9.53 Å². The molecule has 0 bridgehead atoms. The normalized spacial score (nSPS) is 15.8. The van der Waals surface area contributed by atoms with Crippen molar-refractivity contribution in [1.82, 2.24) is 5.32 Å². The number of rotatable bonds is 4. The summed E-state index contributed by atoms with van der Waals surface area (Å²) in [5, 5.41) is 3.37. The highest BCUT2D eigenvalue weighted by atomic mass is 32.1. The first-order valence-corrected chi connectivity index (χ1v) is 8.16. The number of hydrogen-bond acceptors (Lipinski definition) is 3. The van der Waals surface area contributed by atoms with Crippen LogP contribution in [0.3, 0.4) is 0 Å². The summed E-state index contributed by atoms with van der Waals surface area (Å²) in [6.45, 7) is 4.56. The van der Waals surface area contributed by atoms with E-state index in [1.165, 1.54) is 10.5 Å². The molecule has 0 aromatic heterocycles. The zero-order chi connectivity index (χ0) is 17.1. The number of nitrogens with zero attached hydrogens (tertiary/aromatic N) is 1. The molecule has 0 spiro atoms. The van der Waals surface area contributed by atoms with Crippen LogP contribution in [0.1, 0.15) is 18.1 Å². The summed E-state index contributed by atoms with van der Waals surface area (Å²) in [7, 11) is 0. The number of carbonyl (C=O) groups excluding carboxylic acids is 1. The first-order chi connectivity index (χ1) is 11.6. The highest BCUT2D eigenvalue weighted by molar-refractivity contribution is 7.80. The van der Waals surface area contributed by atoms with Gasteiger partial charge in [0.1, 0.15) is 11.4 Å². The summed E-state index contributed by atoms with van der Waals surface area (Å²) >= 11 is 5.32. The zero-order valence-corrected chi connectivity index (χ0v) is 14.4. The second kappa shape index (κ2) is 6.84. The molecule has 4 nitrogen and oxygen atoms in total. The predicted molar refractivity (Wildman–Crippen MR) is 100.0 cm³/mol. The Kier molecular flexibility index (Phi) is 4.62. The largest absolute Gasteiger partial charge is 0.494 e. The van der Waals surface area contributed by atoms with Crippen LogP contribution in [0.25, 0.3) is 6.08 Å². The van der Waals surface area contributed by atoms with Crippen LogP contribution in [-0.4, -0.2) is 17.6 Å². The molecule has 0 unspecified atom stereocenters. The molecule has 1 fully saturated rings. The van der Waals surface area contributed by atoms with Crippen LogP contribution in [0.4, 0.5) is 5.69 Å². The zero-order valence-electron chi connectivity index (χ0n) is 13.6. The second-order valence-corrected chi connectivity index (χ2v) is 5.85. The van der Waals surface area contributed by atoms with Crippen LogP contribution in [0.15, 0.2) is 54.2 Å². The molecule has 0 atom stereocenters. The van der Waals surface area contributed by atoms with Gasteiger partial charge in [0.2, 0.25) is 0 Å². The van der Waals surface area contributed by atoms with Crippen LogP contribution in [0, 0.1) is 6.92 Å². The van der Waals surface area contributed by atoms with Gasteiger partial charge in [0.25, 0.3) is 5.91 Å². The Labute approximate surface area is 146 Å². The van der Waals surface area contributed by atoms with Crippen LogP contribution in [0.2, 0.25) is 0 Å². The fourth-order valence-electron chi connectivity index (χ4n) is 2.46. The van der Waals surface area contributed by atoms with Crippen molar-refractivity contribution in [3.63, 3.8) is 0 Å². The SMILES string of the molecule is CCOc1ccc(N2C(=O)/C(=C/c3ccc(C)cc3)NC2=S)cc1. The Morgan fingerprint density at radius 1 is 1.12 bits per heavy atom. The lowest BCUT2D eigenvalue weighted by Gasteiger charge is -2.14. The van der Waals surface area contributed by atoms with Gasteiger partial charge in [-0.25, -0.2) is 0 Å². The van der Waals surface area contributed by atoms with Crippen molar-refractivity contribution in [3.8, 4) is 5.75 Å². The number of carbonyl (C=O) groups is 1. The van der Waals surface area contributed by atoms with Gasteiger partial charge in [-0.05, 0) is 62.0 Å². The van der Waals surface area contributed by atoms with Crippen LogP contribution in [0.5, 0.6) is 5.75 Å². The third-order valence-electron chi connectivity index (χ3n) is 3.67. The average molecular weight is 338 g/mol. The molecule has 1 saturated heterocycles. The molecule has 0 aliphatic carbocycles. The molecule has 1 heterocycles. The molecule has 24 heavy (non-hydrogen) atoms. The van der Waals surface area contributed by atoms with Gasteiger partial charge in [0.15, 0.2) is 5.11 Å². The number of benzene rings is 2. The maximum atomic E-state index is 12.7. The van der Waals surface area contributed by atoms with Gasteiger partial charge in [-0.2, -0.15) is 0 Å². The third-order valence-corrected chi connectivity index (χ3v) is 3.96. The molecule has 122 valence electrons. The Morgan fingerprint density at radius 3 is 2.42 bits per heavy atom.